The molecular formula is C34H56O7Si2. The second-order valence-electron chi connectivity index (χ2n) is 15.0. The highest BCUT2D eigenvalue weighted by Gasteiger charge is 2.51. The van der Waals surface area contributed by atoms with Crippen molar-refractivity contribution in [1.82, 2.24) is 0 Å². The van der Waals surface area contributed by atoms with Gasteiger partial charge in [-0.1, -0.05) is 55.4 Å². The van der Waals surface area contributed by atoms with Crippen molar-refractivity contribution < 1.29 is 32.5 Å². The van der Waals surface area contributed by atoms with Crippen LogP contribution in [-0.4, -0.2) is 51.7 Å². The van der Waals surface area contributed by atoms with E-state index in [4.69, 9.17) is 32.5 Å². The first-order chi connectivity index (χ1) is 19.7. The molecule has 1 aliphatic rings. The molecule has 3 rings (SSSR count). The maximum atomic E-state index is 6.84. The van der Waals surface area contributed by atoms with Crippen molar-refractivity contribution in [2.75, 3.05) is 35.0 Å². The van der Waals surface area contributed by atoms with Gasteiger partial charge in [-0.25, -0.2) is 0 Å². The zero-order valence-corrected chi connectivity index (χ0v) is 31.5. The van der Waals surface area contributed by atoms with Gasteiger partial charge in [0.1, 0.15) is 5.60 Å². The number of hydrogen-bond donors (Lipinski definition) is 0. The summed E-state index contributed by atoms with van der Waals surface area (Å²) in [5.74, 6) is 4.12. The van der Waals surface area contributed by atoms with E-state index in [0.717, 1.165) is 11.1 Å². The van der Waals surface area contributed by atoms with Gasteiger partial charge in [0.2, 0.25) is 0 Å². The molecule has 7 nitrogen and oxygen atoms in total. The average Bonchev–Trinajstić information content (AvgIpc) is 3.21. The standard InChI is InChI=1S/C34H56O7Si2/c1-22-21-39-34(23(22)2,24-17-26(35-9)30(27(18-24)36-10)40-42(13,14)32(3,4)5)25-19-28(37-11)31(29(20-25)38-12)41-43(15,16)33(6,7)8/h17-20,22-23H,21H2,1-16H3/t22-,23+/m0/s1. The fraction of sp³-hybridized carbons (Fsp3) is 0.647. The highest BCUT2D eigenvalue weighted by molar-refractivity contribution is 6.75. The van der Waals surface area contributed by atoms with Gasteiger partial charge in [-0.05, 0) is 83.5 Å². The molecule has 1 fully saturated rings. The number of methoxy groups -OCH3 is 4. The summed E-state index contributed by atoms with van der Waals surface area (Å²) < 4.78 is 44.3. The van der Waals surface area contributed by atoms with Crippen LogP contribution in [0.2, 0.25) is 36.3 Å². The summed E-state index contributed by atoms with van der Waals surface area (Å²) in [6.45, 7) is 27.2. The van der Waals surface area contributed by atoms with E-state index in [9.17, 15) is 0 Å². The van der Waals surface area contributed by atoms with E-state index in [1.165, 1.54) is 0 Å². The van der Waals surface area contributed by atoms with Crippen molar-refractivity contribution in [2.45, 2.75) is 97.3 Å². The Morgan fingerprint density at radius 2 is 0.930 bits per heavy atom. The van der Waals surface area contributed by atoms with Crippen molar-refractivity contribution in [3.63, 3.8) is 0 Å². The Balaban J connectivity index is 2.31. The van der Waals surface area contributed by atoms with Gasteiger partial charge >= 0.3 is 0 Å². The molecule has 242 valence electrons. The van der Waals surface area contributed by atoms with E-state index >= 15 is 0 Å². The van der Waals surface area contributed by atoms with E-state index in [1.54, 1.807) is 28.4 Å². The molecule has 2 aromatic carbocycles. The zero-order chi connectivity index (χ0) is 32.8. The van der Waals surface area contributed by atoms with E-state index in [-0.39, 0.29) is 16.0 Å². The normalized spacial score (nSPS) is 19.2. The van der Waals surface area contributed by atoms with Gasteiger partial charge in [-0.2, -0.15) is 0 Å². The van der Waals surface area contributed by atoms with Crippen molar-refractivity contribution in [3.8, 4) is 34.5 Å². The van der Waals surface area contributed by atoms with Gasteiger partial charge in [0.15, 0.2) is 34.5 Å². The fourth-order valence-electron chi connectivity index (χ4n) is 5.00. The van der Waals surface area contributed by atoms with E-state index < -0.39 is 22.2 Å². The highest BCUT2D eigenvalue weighted by atomic mass is 28.4. The predicted octanol–water partition coefficient (Wildman–Crippen LogP) is 9.04. The SMILES string of the molecule is COc1cc(C2(c3cc(OC)c(O[Si](C)(C)C(C)(C)C)c(OC)c3)OC[C@H](C)[C@H]2C)cc(OC)c1O[Si](C)(C)C(C)(C)C. The van der Waals surface area contributed by atoms with Crippen LogP contribution >= 0.6 is 0 Å². The Kier molecular flexibility index (Phi) is 9.96. The Hall–Kier alpha value is -2.37. The quantitative estimate of drug-likeness (QED) is 0.242. The molecule has 0 aliphatic carbocycles. The molecule has 0 bridgehead atoms. The van der Waals surface area contributed by atoms with Gasteiger partial charge < -0.3 is 32.5 Å². The minimum atomic E-state index is -2.20. The molecule has 0 radical (unpaired) electrons. The number of hydrogen-bond acceptors (Lipinski definition) is 7. The average molecular weight is 633 g/mol. The number of benzene rings is 2. The first-order valence-electron chi connectivity index (χ1n) is 15.3. The van der Waals surface area contributed by atoms with E-state index in [2.05, 4.69) is 81.6 Å². The van der Waals surface area contributed by atoms with Crippen LogP contribution in [0.4, 0.5) is 0 Å². The topological polar surface area (TPSA) is 64.6 Å². The monoisotopic (exact) mass is 632 g/mol. The molecule has 0 saturated carbocycles. The maximum Gasteiger partial charge on any atom is 0.250 e. The molecule has 0 aromatic heterocycles. The summed E-state index contributed by atoms with van der Waals surface area (Å²) in [5.41, 5.74) is 1.01. The smallest absolute Gasteiger partial charge is 0.250 e. The van der Waals surface area contributed by atoms with Crippen LogP contribution in [0.25, 0.3) is 0 Å². The van der Waals surface area contributed by atoms with E-state index in [0.29, 0.717) is 47.0 Å². The first kappa shape index (κ1) is 35.1. The van der Waals surface area contributed by atoms with Crippen LogP contribution in [0.15, 0.2) is 24.3 Å². The lowest BCUT2D eigenvalue weighted by atomic mass is 9.74. The van der Waals surface area contributed by atoms with Crippen LogP contribution in [0.5, 0.6) is 34.5 Å². The fourth-order valence-corrected chi connectivity index (χ4v) is 7.04. The Morgan fingerprint density at radius 3 is 1.14 bits per heavy atom. The summed E-state index contributed by atoms with van der Waals surface area (Å²) in [5, 5.41) is 0.00548. The highest BCUT2D eigenvalue weighted by Crippen LogP contribution is 2.56. The lowest BCUT2D eigenvalue weighted by Gasteiger charge is -2.39. The molecule has 0 amide bonds. The molecule has 0 spiro atoms. The lowest BCUT2D eigenvalue weighted by Crippen LogP contribution is -2.44. The molecule has 1 saturated heterocycles. The first-order valence-corrected chi connectivity index (χ1v) is 21.1. The molecule has 0 N–H and O–H groups in total. The number of rotatable bonds is 10. The molecular weight excluding hydrogens is 577 g/mol. The van der Waals surface area contributed by atoms with Crippen LogP contribution in [-0.2, 0) is 10.3 Å². The van der Waals surface area contributed by atoms with Crippen LogP contribution < -0.4 is 27.8 Å². The molecule has 2 aromatic rings. The Morgan fingerprint density at radius 1 is 0.628 bits per heavy atom. The third-order valence-corrected chi connectivity index (χ3v) is 18.8. The number of ether oxygens (including phenoxy) is 5. The second-order valence-corrected chi connectivity index (χ2v) is 24.4. The summed E-state index contributed by atoms with van der Waals surface area (Å²) in [7, 11) is 2.29. The van der Waals surface area contributed by atoms with Crippen molar-refractivity contribution in [1.29, 1.82) is 0 Å². The summed E-state index contributed by atoms with van der Waals surface area (Å²) in [6.07, 6.45) is 0. The summed E-state index contributed by atoms with van der Waals surface area (Å²) in [4.78, 5) is 0. The molecule has 0 unspecified atom stereocenters. The second kappa shape index (κ2) is 12.2. The van der Waals surface area contributed by atoms with Gasteiger partial charge in [-0.3, -0.25) is 0 Å². The van der Waals surface area contributed by atoms with Crippen molar-refractivity contribution >= 4 is 16.6 Å². The van der Waals surface area contributed by atoms with Crippen LogP contribution in [0, 0.1) is 11.8 Å². The largest absolute Gasteiger partial charge is 0.539 e. The zero-order valence-electron chi connectivity index (χ0n) is 29.5. The van der Waals surface area contributed by atoms with E-state index in [1.807, 2.05) is 24.3 Å². The van der Waals surface area contributed by atoms with Crippen molar-refractivity contribution in [2.24, 2.45) is 11.8 Å². The minimum Gasteiger partial charge on any atom is -0.539 e. The maximum absolute atomic E-state index is 6.84. The van der Waals surface area contributed by atoms with Crippen LogP contribution in [0.3, 0.4) is 0 Å². The molecule has 9 heteroatoms. The van der Waals surface area contributed by atoms with Crippen LogP contribution in [0.1, 0.15) is 66.5 Å². The lowest BCUT2D eigenvalue weighted by molar-refractivity contribution is 0.0134. The van der Waals surface area contributed by atoms with Gasteiger partial charge in [0, 0.05) is 0 Å². The summed E-state index contributed by atoms with van der Waals surface area (Å²) in [6, 6.07) is 8.16. The van der Waals surface area contributed by atoms with Gasteiger partial charge in [0.05, 0.1) is 35.0 Å². The van der Waals surface area contributed by atoms with Crippen molar-refractivity contribution in [3.05, 3.63) is 35.4 Å². The molecule has 1 heterocycles. The minimum absolute atomic E-state index is 0.00274. The van der Waals surface area contributed by atoms with Gasteiger partial charge in [-0.15, -0.1) is 0 Å². The van der Waals surface area contributed by atoms with Gasteiger partial charge in [0.25, 0.3) is 16.6 Å². The Bertz CT molecular complexity index is 1150. The Labute approximate surface area is 262 Å². The summed E-state index contributed by atoms with van der Waals surface area (Å²) >= 11 is 0. The molecule has 1 aliphatic heterocycles. The third kappa shape index (κ3) is 6.40. The predicted molar refractivity (Wildman–Crippen MR) is 180 cm³/mol. The molecule has 43 heavy (non-hydrogen) atoms. The third-order valence-electron chi connectivity index (χ3n) is 10.2. The molecule has 2 atom stereocenters.